The molecule has 0 saturated heterocycles. The number of terminal acetylenes is 1. The van der Waals surface area contributed by atoms with Crippen molar-refractivity contribution in [2.75, 3.05) is 7.11 Å². The van der Waals surface area contributed by atoms with Gasteiger partial charge in [-0.1, -0.05) is 18.1 Å². The highest BCUT2D eigenvalue weighted by Gasteiger charge is 1.88. The quantitative estimate of drug-likeness (QED) is 0.600. The van der Waals surface area contributed by atoms with Crippen molar-refractivity contribution >= 4 is 6.08 Å². The number of ether oxygens (including phenoxy) is 1. The molecule has 0 fully saturated rings. The van der Waals surface area contributed by atoms with Crippen LogP contribution in [0.25, 0.3) is 6.08 Å². The molecule has 0 radical (unpaired) electrons. The predicted molar refractivity (Wildman–Crippen MR) is 50.9 cm³/mol. The molecule has 0 unspecified atom stereocenters. The van der Waals surface area contributed by atoms with E-state index in [4.69, 9.17) is 11.2 Å². The van der Waals surface area contributed by atoms with Crippen LogP contribution in [-0.2, 0) is 0 Å². The second-order valence-corrected chi connectivity index (χ2v) is 2.27. The number of benzene rings is 1. The van der Waals surface area contributed by atoms with E-state index in [1.807, 2.05) is 30.3 Å². The van der Waals surface area contributed by atoms with E-state index >= 15 is 0 Å². The first-order chi connectivity index (χ1) is 5.86. The van der Waals surface area contributed by atoms with Crippen LogP contribution < -0.4 is 4.74 Å². The van der Waals surface area contributed by atoms with Gasteiger partial charge < -0.3 is 4.74 Å². The van der Waals surface area contributed by atoms with E-state index in [9.17, 15) is 0 Å². The lowest BCUT2D eigenvalue weighted by Gasteiger charge is -1.98. The Morgan fingerprint density at radius 2 is 2.00 bits per heavy atom. The Morgan fingerprint density at radius 1 is 1.33 bits per heavy atom. The Kier molecular flexibility index (Phi) is 2.98. The summed E-state index contributed by atoms with van der Waals surface area (Å²) in [5, 5.41) is 0. The zero-order chi connectivity index (χ0) is 8.81. The molecule has 1 aromatic carbocycles. The van der Waals surface area contributed by atoms with Gasteiger partial charge >= 0.3 is 0 Å². The van der Waals surface area contributed by atoms with Gasteiger partial charge in [0.2, 0.25) is 0 Å². The molecule has 0 atom stereocenters. The SMILES string of the molecule is C#CC=Cc1ccc(OC)cc1. The van der Waals surface area contributed by atoms with Crippen LogP contribution >= 0.6 is 0 Å². The summed E-state index contributed by atoms with van der Waals surface area (Å²) in [6, 6.07) is 7.70. The highest BCUT2D eigenvalue weighted by molar-refractivity contribution is 5.53. The van der Waals surface area contributed by atoms with Crippen molar-refractivity contribution in [3.05, 3.63) is 35.9 Å². The number of allylic oxidation sites excluding steroid dienone is 1. The van der Waals surface area contributed by atoms with Gasteiger partial charge in [-0.05, 0) is 29.8 Å². The molecule has 0 aliphatic rings. The van der Waals surface area contributed by atoms with Crippen LogP contribution in [0.3, 0.4) is 0 Å². The van der Waals surface area contributed by atoms with Gasteiger partial charge in [0.15, 0.2) is 0 Å². The van der Waals surface area contributed by atoms with E-state index < -0.39 is 0 Å². The van der Waals surface area contributed by atoms with Gasteiger partial charge in [-0.2, -0.15) is 0 Å². The van der Waals surface area contributed by atoms with E-state index in [0.29, 0.717) is 0 Å². The largest absolute Gasteiger partial charge is 0.497 e. The predicted octanol–water partition coefficient (Wildman–Crippen LogP) is 2.34. The standard InChI is InChI=1S/C11H10O/c1-3-4-5-10-6-8-11(12-2)9-7-10/h1,4-9H,2H3. The van der Waals surface area contributed by atoms with Crippen LogP contribution in [0.5, 0.6) is 5.75 Å². The molecule has 1 rings (SSSR count). The zero-order valence-corrected chi connectivity index (χ0v) is 6.95. The third-order valence-corrected chi connectivity index (χ3v) is 1.49. The fourth-order valence-corrected chi connectivity index (χ4v) is 0.859. The van der Waals surface area contributed by atoms with Gasteiger partial charge in [-0.25, -0.2) is 0 Å². The van der Waals surface area contributed by atoms with Gasteiger partial charge in [0.05, 0.1) is 7.11 Å². The van der Waals surface area contributed by atoms with E-state index in [2.05, 4.69) is 5.92 Å². The van der Waals surface area contributed by atoms with Crippen molar-refractivity contribution in [1.82, 2.24) is 0 Å². The summed E-state index contributed by atoms with van der Waals surface area (Å²) in [6.07, 6.45) is 8.61. The maximum atomic E-state index is 5.07. The van der Waals surface area contributed by atoms with E-state index in [1.165, 1.54) is 0 Å². The lowest BCUT2D eigenvalue weighted by molar-refractivity contribution is 0.415. The Hall–Kier alpha value is -1.68. The fraction of sp³-hybridized carbons (Fsp3) is 0.0909. The maximum absolute atomic E-state index is 5.07. The summed E-state index contributed by atoms with van der Waals surface area (Å²) >= 11 is 0. The van der Waals surface area contributed by atoms with Gasteiger partial charge in [0.1, 0.15) is 5.75 Å². The minimum Gasteiger partial charge on any atom is -0.497 e. The Morgan fingerprint density at radius 3 is 2.50 bits per heavy atom. The molecule has 0 bridgehead atoms. The molecule has 0 aliphatic heterocycles. The van der Waals surface area contributed by atoms with Crippen LogP contribution in [0.2, 0.25) is 0 Å². The highest BCUT2D eigenvalue weighted by atomic mass is 16.5. The number of hydrogen-bond donors (Lipinski definition) is 0. The minimum absolute atomic E-state index is 0.854. The van der Waals surface area contributed by atoms with E-state index in [0.717, 1.165) is 11.3 Å². The molecule has 0 aliphatic carbocycles. The maximum Gasteiger partial charge on any atom is 0.118 e. The molecule has 1 nitrogen and oxygen atoms in total. The molecule has 0 spiro atoms. The summed E-state index contributed by atoms with van der Waals surface area (Å²) < 4.78 is 5.01. The van der Waals surface area contributed by atoms with Gasteiger partial charge in [0.25, 0.3) is 0 Å². The molecule has 0 saturated carbocycles. The van der Waals surface area contributed by atoms with E-state index in [1.54, 1.807) is 13.2 Å². The summed E-state index contributed by atoms with van der Waals surface area (Å²) in [5.74, 6) is 3.29. The first-order valence-electron chi connectivity index (χ1n) is 3.63. The second-order valence-electron chi connectivity index (χ2n) is 2.27. The first-order valence-corrected chi connectivity index (χ1v) is 3.63. The Balaban J connectivity index is 2.79. The lowest BCUT2D eigenvalue weighted by Crippen LogP contribution is -1.81. The number of methoxy groups -OCH3 is 1. The molecular formula is C11H10O. The molecule has 1 heteroatoms. The normalized spacial score (nSPS) is 9.67. The van der Waals surface area contributed by atoms with Gasteiger partial charge in [-0.3, -0.25) is 0 Å². The number of hydrogen-bond acceptors (Lipinski definition) is 1. The number of rotatable bonds is 2. The van der Waals surface area contributed by atoms with Crippen LogP contribution in [0, 0.1) is 12.3 Å². The van der Waals surface area contributed by atoms with Crippen LogP contribution in [0.15, 0.2) is 30.3 Å². The summed E-state index contributed by atoms with van der Waals surface area (Å²) in [6.45, 7) is 0. The molecule has 0 N–H and O–H groups in total. The lowest BCUT2D eigenvalue weighted by atomic mass is 10.2. The van der Waals surface area contributed by atoms with Crippen molar-refractivity contribution in [1.29, 1.82) is 0 Å². The minimum atomic E-state index is 0.854. The molecule has 1 aromatic rings. The third-order valence-electron chi connectivity index (χ3n) is 1.49. The summed E-state index contributed by atoms with van der Waals surface area (Å²) in [4.78, 5) is 0. The Labute approximate surface area is 72.7 Å². The average molecular weight is 158 g/mol. The van der Waals surface area contributed by atoms with Gasteiger partial charge in [-0.15, -0.1) is 6.42 Å². The van der Waals surface area contributed by atoms with Crippen molar-refractivity contribution in [2.45, 2.75) is 0 Å². The van der Waals surface area contributed by atoms with Crippen molar-refractivity contribution < 1.29 is 4.74 Å². The smallest absolute Gasteiger partial charge is 0.118 e. The highest BCUT2D eigenvalue weighted by Crippen LogP contribution is 2.11. The average Bonchev–Trinajstić information content (AvgIpc) is 2.15. The van der Waals surface area contributed by atoms with Gasteiger partial charge in [0, 0.05) is 0 Å². The monoisotopic (exact) mass is 158 g/mol. The molecule has 0 aromatic heterocycles. The fourth-order valence-electron chi connectivity index (χ4n) is 0.859. The molecule has 60 valence electrons. The Bertz CT molecular complexity index is 301. The molecule has 12 heavy (non-hydrogen) atoms. The van der Waals surface area contributed by atoms with Crippen LogP contribution in [0.4, 0.5) is 0 Å². The molecular weight excluding hydrogens is 148 g/mol. The van der Waals surface area contributed by atoms with Crippen LogP contribution in [-0.4, -0.2) is 7.11 Å². The molecule has 0 amide bonds. The topological polar surface area (TPSA) is 9.23 Å². The first kappa shape index (κ1) is 8.42. The van der Waals surface area contributed by atoms with E-state index in [-0.39, 0.29) is 0 Å². The summed E-state index contributed by atoms with van der Waals surface area (Å²) in [5.41, 5.74) is 1.08. The van der Waals surface area contributed by atoms with Crippen molar-refractivity contribution in [3.63, 3.8) is 0 Å². The summed E-state index contributed by atoms with van der Waals surface area (Å²) in [7, 11) is 1.65. The van der Waals surface area contributed by atoms with Crippen molar-refractivity contribution in [3.8, 4) is 18.1 Å². The van der Waals surface area contributed by atoms with Crippen molar-refractivity contribution in [2.24, 2.45) is 0 Å². The zero-order valence-electron chi connectivity index (χ0n) is 6.95. The second kappa shape index (κ2) is 4.25. The van der Waals surface area contributed by atoms with Crippen LogP contribution in [0.1, 0.15) is 5.56 Å². The third kappa shape index (κ3) is 2.17. The molecule has 0 heterocycles.